The van der Waals surface area contributed by atoms with Crippen molar-refractivity contribution < 1.29 is 13.7 Å². The van der Waals surface area contributed by atoms with Crippen LogP contribution in [0.3, 0.4) is 0 Å². The van der Waals surface area contributed by atoms with Crippen molar-refractivity contribution in [2.45, 2.75) is 37.0 Å². The maximum atomic E-state index is 12.8. The van der Waals surface area contributed by atoms with Crippen molar-refractivity contribution in [3.05, 3.63) is 108 Å². The van der Waals surface area contributed by atoms with Crippen LogP contribution in [0.1, 0.15) is 30.2 Å². The van der Waals surface area contributed by atoms with E-state index >= 15 is 0 Å². The highest BCUT2D eigenvalue weighted by atomic mass is 32.2. The fourth-order valence-corrected chi connectivity index (χ4v) is 5.06. The Morgan fingerprint density at radius 2 is 1.81 bits per heavy atom. The smallest absolute Gasteiger partial charge is 0.160 e. The maximum absolute atomic E-state index is 12.8. The Bertz CT molecular complexity index is 1360. The number of carbonyl (C=O) groups is 1. The first-order valence-corrected chi connectivity index (χ1v) is 13.3. The molecule has 36 heavy (non-hydrogen) atoms. The van der Waals surface area contributed by atoms with Gasteiger partial charge in [-0.05, 0) is 65.1 Å². The van der Waals surface area contributed by atoms with E-state index in [9.17, 15) is 9.00 Å². The van der Waals surface area contributed by atoms with Gasteiger partial charge in [-0.25, -0.2) is 4.98 Å². The predicted molar refractivity (Wildman–Crippen MR) is 145 cm³/mol. The summed E-state index contributed by atoms with van der Waals surface area (Å²) in [4.78, 5) is 17.5. The molecule has 0 bridgehead atoms. The van der Waals surface area contributed by atoms with Crippen molar-refractivity contribution in [3.8, 4) is 16.9 Å². The Hall–Kier alpha value is -3.77. The number of nitrogens with zero attached hydrogens (tertiary/aromatic N) is 2. The van der Waals surface area contributed by atoms with E-state index in [-0.39, 0.29) is 5.78 Å². The van der Waals surface area contributed by atoms with Gasteiger partial charge in [-0.2, -0.15) is 0 Å². The molecule has 0 aliphatic heterocycles. The number of hydrogen-bond acceptors (Lipinski definition) is 4. The van der Waals surface area contributed by atoms with Crippen molar-refractivity contribution in [1.29, 1.82) is 0 Å². The Labute approximate surface area is 214 Å². The molecule has 1 aromatic heterocycles. The van der Waals surface area contributed by atoms with Crippen molar-refractivity contribution in [3.63, 3.8) is 0 Å². The molecule has 3 aromatic carbocycles. The summed E-state index contributed by atoms with van der Waals surface area (Å²) in [5.74, 6) is 1.26. The van der Waals surface area contributed by atoms with Crippen LogP contribution in [-0.4, -0.2) is 26.7 Å². The van der Waals surface area contributed by atoms with Gasteiger partial charge in [0.05, 0.1) is 35.7 Å². The van der Waals surface area contributed by atoms with Crippen molar-refractivity contribution in [2.24, 2.45) is 0 Å². The van der Waals surface area contributed by atoms with Crippen LogP contribution in [0.15, 0.2) is 96.3 Å². The Kier molecular flexibility index (Phi) is 8.63. The van der Waals surface area contributed by atoms with Crippen LogP contribution in [0.2, 0.25) is 0 Å². The minimum atomic E-state index is -1.16. The minimum Gasteiger partial charge on any atom is -0.497 e. The quantitative estimate of drug-likeness (QED) is 0.234. The third-order valence-electron chi connectivity index (χ3n) is 5.88. The van der Waals surface area contributed by atoms with Gasteiger partial charge in [0.1, 0.15) is 5.75 Å². The van der Waals surface area contributed by atoms with Crippen LogP contribution in [0.4, 0.5) is 0 Å². The molecule has 0 amide bonds. The molecule has 0 saturated carbocycles. The Morgan fingerprint density at radius 1 is 1.03 bits per heavy atom. The monoisotopic (exact) mass is 498 g/mol. The molecule has 0 saturated heterocycles. The largest absolute Gasteiger partial charge is 0.497 e. The molecule has 0 fully saturated rings. The number of rotatable bonds is 11. The van der Waals surface area contributed by atoms with Gasteiger partial charge in [0.25, 0.3) is 0 Å². The second-order valence-electron chi connectivity index (χ2n) is 8.54. The van der Waals surface area contributed by atoms with E-state index in [0.717, 1.165) is 51.6 Å². The molecule has 6 heteroatoms. The lowest BCUT2D eigenvalue weighted by Crippen LogP contribution is -2.05. The highest BCUT2D eigenvalue weighted by Crippen LogP contribution is 2.23. The number of benzene rings is 3. The molecule has 4 aromatic rings. The van der Waals surface area contributed by atoms with Crippen molar-refractivity contribution >= 4 is 22.7 Å². The van der Waals surface area contributed by atoms with E-state index in [1.165, 1.54) is 0 Å². The first-order valence-electron chi connectivity index (χ1n) is 12.0. The standard InChI is InChI=1S/C30H30N2O3S/c1-3-17-32-22-31-20-27(32)21-36(34)30-15-8-24(9-16-30)19-28(33)12-7-23-5-4-6-26(18-23)25-10-13-29(35-2)14-11-25/h4-16,18,20,22H,3,17,19,21H2,1-2H3/b12-7+/t36-/m1/s1. The van der Waals surface area contributed by atoms with Gasteiger partial charge in [0.15, 0.2) is 5.78 Å². The molecule has 0 spiro atoms. The van der Waals surface area contributed by atoms with E-state index in [0.29, 0.717) is 12.2 Å². The summed E-state index contributed by atoms with van der Waals surface area (Å²) in [6.45, 7) is 2.97. The number of ketones is 1. The van der Waals surface area contributed by atoms with Gasteiger partial charge in [0, 0.05) is 24.1 Å². The molecule has 5 nitrogen and oxygen atoms in total. The average molecular weight is 499 g/mol. The predicted octanol–water partition coefficient (Wildman–Crippen LogP) is 6.10. The summed E-state index contributed by atoms with van der Waals surface area (Å²) in [5.41, 5.74) is 4.99. The molecule has 184 valence electrons. The summed E-state index contributed by atoms with van der Waals surface area (Å²) in [5, 5.41) is 0. The maximum Gasteiger partial charge on any atom is 0.160 e. The van der Waals surface area contributed by atoms with E-state index in [4.69, 9.17) is 4.74 Å². The van der Waals surface area contributed by atoms with Crippen LogP contribution in [0, 0.1) is 0 Å². The number of imidazole rings is 1. The van der Waals surface area contributed by atoms with Gasteiger partial charge in [-0.1, -0.05) is 55.5 Å². The van der Waals surface area contributed by atoms with Crippen molar-refractivity contribution in [2.75, 3.05) is 7.11 Å². The number of carbonyl (C=O) groups excluding carboxylic acids is 1. The van der Waals surface area contributed by atoms with Gasteiger partial charge in [-0.15, -0.1) is 0 Å². The topological polar surface area (TPSA) is 61.2 Å². The van der Waals surface area contributed by atoms with Crippen LogP contribution in [0.5, 0.6) is 5.75 Å². The first-order chi connectivity index (χ1) is 17.6. The normalized spacial score (nSPS) is 12.1. The number of ether oxygens (including phenoxy) is 1. The summed E-state index contributed by atoms with van der Waals surface area (Å²) >= 11 is 0. The number of aryl methyl sites for hydroxylation is 1. The summed E-state index contributed by atoms with van der Waals surface area (Å²) in [7, 11) is 0.489. The second-order valence-corrected chi connectivity index (χ2v) is 9.99. The molecule has 0 N–H and O–H groups in total. The molecule has 4 rings (SSSR count). The number of aromatic nitrogens is 2. The van der Waals surface area contributed by atoms with Crippen LogP contribution >= 0.6 is 0 Å². The van der Waals surface area contributed by atoms with Crippen LogP contribution in [0.25, 0.3) is 17.2 Å². The van der Waals surface area contributed by atoms with E-state index in [1.54, 1.807) is 25.7 Å². The number of allylic oxidation sites excluding steroid dienone is 1. The molecular weight excluding hydrogens is 468 g/mol. The minimum absolute atomic E-state index is 0.0159. The fraction of sp³-hybridized carbons (Fsp3) is 0.200. The number of methoxy groups -OCH3 is 1. The third-order valence-corrected chi connectivity index (χ3v) is 7.23. The third kappa shape index (κ3) is 6.67. The zero-order valence-corrected chi connectivity index (χ0v) is 21.4. The van der Waals surface area contributed by atoms with E-state index in [2.05, 4.69) is 18.0 Å². The SMILES string of the molecule is CCCn1cncc1C[S@@](=O)c1ccc(CC(=O)/C=C/c2cccc(-c3ccc(OC)cc3)c2)cc1. The highest BCUT2D eigenvalue weighted by Gasteiger charge is 2.10. The van der Waals surface area contributed by atoms with E-state index < -0.39 is 10.8 Å². The van der Waals surface area contributed by atoms with Crippen LogP contribution in [-0.2, 0) is 34.3 Å². The molecule has 1 atom stereocenters. The fourth-order valence-electron chi connectivity index (χ4n) is 3.94. The lowest BCUT2D eigenvalue weighted by molar-refractivity contribution is -0.113. The molecule has 0 aliphatic rings. The lowest BCUT2D eigenvalue weighted by Gasteiger charge is -2.07. The summed E-state index contributed by atoms with van der Waals surface area (Å²) in [6, 6.07) is 23.4. The molecule has 0 radical (unpaired) electrons. The molecule has 0 unspecified atom stereocenters. The van der Waals surface area contributed by atoms with Gasteiger partial charge >= 0.3 is 0 Å². The zero-order chi connectivity index (χ0) is 25.3. The molecule has 0 aliphatic carbocycles. The van der Waals surface area contributed by atoms with Crippen molar-refractivity contribution in [1.82, 2.24) is 9.55 Å². The highest BCUT2D eigenvalue weighted by molar-refractivity contribution is 7.84. The Morgan fingerprint density at radius 3 is 2.53 bits per heavy atom. The number of hydrogen-bond donors (Lipinski definition) is 0. The van der Waals surface area contributed by atoms with Gasteiger partial charge in [-0.3, -0.25) is 9.00 Å². The summed E-state index contributed by atoms with van der Waals surface area (Å²) in [6.07, 6.45) is 8.33. The Balaban J connectivity index is 1.35. The van der Waals surface area contributed by atoms with Gasteiger partial charge in [0.2, 0.25) is 0 Å². The lowest BCUT2D eigenvalue weighted by atomic mass is 10.0. The molecule has 1 heterocycles. The first kappa shape index (κ1) is 25.3. The van der Waals surface area contributed by atoms with E-state index in [1.807, 2.05) is 77.4 Å². The molecular formula is C30H30N2O3S. The zero-order valence-electron chi connectivity index (χ0n) is 20.6. The second kappa shape index (κ2) is 12.3. The average Bonchev–Trinajstić information content (AvgIpc) is 3.34. The summed E-state index contributed by atoms with van der Waals surface area (Å²) < 4.78 is 20.1. The van der Waals surface area contributed by atoms with Gasteiger partial charge < -0.3 is 9.30 Å². The van der Waals surface area contributed by atoms with Crippen LogP contribution < -0.4 is 4.74 Å².